The molecule has 1 rings (SSSR count). The SMILES string of the molecule is C=CCOc1ccc(SC)c(OC)c1. The third kappa shape index (κ3) is 2.70. The van der Waals surface area contributed by atoms with Crippen molar-refractivity contribution in [2.45, 2.75) is 4.90 Å². The zero-order valence-electron chi connectivity index (χ0n) is 8.45. The van der Waals surface area contributed by atoms with Gasteiger partial charge in [0.25, 0.3) is 0 Å². The maximum Gasteiger partial charge on any atom is 0.136 e. The number of hydrogen-bond donors (Lipinski definition) is 0. The summed E-state index contributed by atoms with van der Waals surface area (Å²) in [5.74, 6) is 1.65. The predicted molar refractivity (Wildman–Crippen MR) is 60.5 cm³/mol. The number of hydrogen-bond acceptors (Lipinski definition) is 3. The molecular weight excluding hydrogens is 196 g/mol. The molecule has 3 heteroatoms. The Morgan fingerprint density at radius 2 is 2.29 bits per heavy atom. The highest BCUT2D eigenvalue weighted by molar-refractivity contribution is 7.98. The first-order valence-electron chi connectivity index (χ1n) is 4.27. The van der Waals surface area contributed by atoms with Gasteiger partial charge in [-0.05, 0) is 18.4 Å². The first-order valence-corrected chi connectivity index (χ1v) is 5.50. The van der Waals surface area contributed by atoms with Crippen molar-refractivity contribution < 1.29 is 9.47 Å². The van der Waals surface area contributed by atoms with E-state index in [1.54, 1.807) is 24.9 Å². The Hall–Kier alpha value is -1.09. The molecule has 0 unspecified atom stereocenters. The average molecular weight is 210 g/mol. The summed E-state index contributed by atoms with van der Waals surface area (Å²) in [5, 5.41) is 0. The van der Waals surface area contributed by atoms with Gasteiger partial charge in [0.2, 0.25) is 0 Å². The maximum absolute atomic E-state index is 5.39. The first-order chi connectivity index (χ1) is 6.81. The fraction of sp³-hybridized carbons (Fsp3) is 0.273. The van der Waals surface area contributed by atoms with Crippen LogP contribution in [0.4, 0.5) is 0 Å². The minimum absolute atomic E-state index is 0.516. The van der Waals surface area contributed by atoms with E-state index in [0.717, 1.165) is 16.4 Å². The Labute approximate surface area is 88.9 Å². The molecule has 0 spiro atoms. The molecule has 0 atom stereocenters. The highest BCUT2D eigenvalue weighted by Gasteiger charge is 2.03. The van der Waals surface area contributed by atoms with Crippen LogP contribution < -0.4 is 9.47 Å². The van der Waals surface area contributed by atoms with Crippen LogP contribution in [0.15, 0.2) is 35.7 Å². The van der Waals surface area contributed by atoms with Gasteiger partial charge in [-0.2, -0.15) is 0 Å². The van der Waals surface area contributed by atoms with Crippen LogP contribution in [0, 0.1) is 0 Å². The highest BCUT2D eigenvalue weighted by Crippen LogP contribution is 2.31. The fourth-order valence-electron chi connectivity index (χ4n) is 1.06. The summed E-state index contributed by atoms with van der Waals surface area (Å²) in [4.78, 5) is 1.11. The zero-order valence-corrected chi connectivity index (χ0v) is 9.26. The number of methoxy groups -OCH3 is 1. The van der Waals surface area contributed by atoms with E-state index in [4.69, 9.17) is 9.47 Å². The van der Waals surface area contributed by atoms with E-state index in [1.807, 2.05) is 24.5 Å². The molecular formula is C11H14O2S. The van der Waals surface area contributed by atoms with Crippen molar-refractivity contribution in [2.75, 3.05) is 20.0 Å². The fourth-order valence-corrected chi connectivity index (χ4v) is 1.61. The second-order valence-electron chi connectivity index (χ2n) is 2.62. The van der Waals surface area contributed by atoms with Crippen LogP contribution in [0.3, 0.4) is 0 Å². The minimum Gasteiger partial charge on any atom is -0.495 e. The lowest BCUT2D eigenvalue weighted by atomic mass is 10.3. The van der Waals surface area contributed by atoms with Crippen LogP contribution in [0.5, 0.6) is 11.5 Å². The Morgan fingerprint density at radius 3 is 2.86 bits per heavy atom. The number of thioether (sulfide) groups is 1. The van der Waals surface area contributed by atoms with Crippen molar-refractivity contribution >= 4 is 11.8 Å². The molecule has 76 valence electrons. The van der Waals surface area contributed by atoms with E-state index in [-0.39, 0.29) is 0 Å². The Balaban J connectivity index is 2.83. The van der Waals surface area contributed by atoms with E-state index in [2.05, 4.69) is 6.58 Å². The first kappa shape index (κ1) is 11.0. The summed E-state index contributed by atoms with van der Waals surface area (Å²) in [6.45, 7) is 4.11. The molecule has 0 aliphatic rings. The van der Waals surface area contributed by atoms with E-state index in [9.17, 15) is 0 Å². The topological polar surface area (TPSA) is 18.5 Å². The standard InChI is InChI=1S/C11H14O2S/c1-4-7-13-9-5-6-11(14-3)10(8-9)12-2/h4-6,8H,1,7H2,2-3H3. The van der Waals surface area contributed by atoms with E-state index in [0.29, 0.717) is 6.61 Å². The summed E-state index contributed by atoms with van der Waals surface area (Å²) in [6, 6.07) is 5.80. The molecule has 0 aromatic heterocycles. The molecule has 14 heavy (non-hydrogen) atoms. The maximum atomic E-state index is 5.39. The number of ether oxygens (including phenoxy) is 2. The van der Waals surface area contributed by atoms with Crippen molar-refractivity contribution in [2.24, 2.45) is 0 Å². The molecule has 2 nitrogen and oxygen atoms in total. The monoisotopic (exact) mass is 210 g/mol. The third-order valence-electron chi connectivity index (χ3n) is 1.72. The van der Waals surface area contributed by atoms with Gasteiger partial charge in [-0.15, -0.1) is 11.8 Å². The molecule has 0 heterocycles. The van der Waals surface area contributed by atoms with Gasteiger partial charge in [0, 0.05) is 11.0 Å². The van der Waals surface area contributed by atoms with Gasteiger partial charge in [-0.3, -0.25) is 0 Å². The molecule has 0 saturated heterocycles. The lowest BCUT2D eigenvalue weighted by molar-refractivity contribution is 0.355. The summed E-state index contributed by atoms with van der Waals surface area (Å²) in [5.41, 5.74) is 0. The smallest absolute Gasteiger partial charge is 0.136 e. The molecule has 0 fully saturated rings. The lowest BCUT2D eigenvalue weighted by Gasteiger charge is -2.08. The molecule has 0 saturated carbocycles. The quantitative estimate of drug-likeness (QED) is 0.550. The van der Waals surface area contributed by atoms with E-state index in [1.165, 1.54) is 0 Å². The molecule has 0 radical (unpaired) electrons. The summed E-state index contributed by atoms with van der Waals surface area (Å²) in [6.07, 6.45) is 3.73. The van der Waals surface area contributed by atoms with Gasteiger partial charge in [0.05, 0.1) is 7.11 Å². The van der Waals surface area contributed by atoms with Gasteiger partial charge in [0.15, 0.2) is 0 Å². The zero-order chi connectivity index (χ0) is 10.4. The van der Waals surface area contributed by atoms with Crippen LogP contribution in [0.1, 0.15) is 0 Å². The van der Waals surface area contributed by atoms with Gasteiger partial charge in [0.1, 0.15) is 18.1 Å². The molecule has 0 aliphatic carbocycles. The van der Waals surface area contributed by atoms with Crippen molar-refractivity contribution in [3.63, 3.8) is 0 Å². The lowest BCUT2D eigenvalue weighted by Crippen LogP contribution is -1.94. The van der Waals surface area contributed by atoms with Crippen LogP contribution in [-0.2, 0) is 0 Å². The number of rotatable bonds is 5. The minimum atomic E-state index is 0.516. The summed E-state index contributed by atoms with van der Waals surface area (Å²) in [7, 11) is 1.66. The van der Waals surface area contributed by atoms with Crippen LogP contribution in [-0.4, -0.2) is 20.0 Å². The Bertz CT molecular complexity index is 310. The van der Waals surface area contributed by atoms with Crippen LogP contribution >= 0.6 is 11.8 Å². The number of benzene rings is 1. The molecule has 0 N–H and O–H groups in total. The van der Waals surface area contributed by atoms with Crippen molar-refractivity contribution in [1.29, 1.82) is 0 Å². The van der Waals surface area contributed by atoms with E-state index < -0.39 is 0 Å². The van der Waals surface area contributed by atoms with Gasteiger partial charge in [-0.25, -0.2) is 0 Å². The summed E-state index contributed by atoms with van der Waals surface area (Å²) >= 11 is 1.65. The van der Waals surface area contributed by atoms with Crippen LogP contribution in [0.2, 0.25) is 0 Å². The molecule has 1 aromatic carbocycles. The van der Waals surface area contributed by atoms with Crippen molar-refractivity contribution in [1.82, 2.24) is 0 Å². The van der Waals surface area contributed by atoms with Crippen molar-refractivity contribution in [3.05, 3.63) is 30.9 Å². The second kappa shape index (κ2) is 5.60. The summed E-state index contributed by atoms with van der Waals surface area (Å²) < 4.78 is 10.6. The van der Waals surface area contributed by atoms with Crippen molar-refractivity contribution in [3.8, 4) is 11.5 Å². The van der Waals surface area contributed by atoms with Gasteiger partial charge in [-0.1, -0.05) is 12.7 Å². The van der Waals surface area contributed by atoms with Gasteiger partial charge >= 0.3 is 0 Å². The largest absolute Gasteiger partial charge is 0.495 e. The van der Waals surface area contributed by atoms with Gasteiger partial charge < -0.3 is 9.47 Å². The Morgan fingerprint density at radius 1 is 1.50 bits per heavy atom. The molecule has 0 amide bonds. The molecule has 0 bridgehead atoms. The second-order valence-corrected chi connectivity index (χ2v) is 3.46. The molecule has 0 aliphatic heterocycles. The van der Waals surface area contributed by atoms with Crippen LogP contribution in [0.25, 0.3) is 0 Å². The van der Waals surface area contributed by atoms with E-state index >= 15 is 0 Å². The molecule has 1 aromatic rings. The average Bonchev–Trinajstić information content (AvgIpc) is 2.25. The normalized spacial score (nSPS) is 9.57. The highest BCUT2D eigenvalue weighted by atomic mass is 32.2. The predicted octanol–water partition coefficient (Wildman–Crippen LogP) is 2.98. The Kier molecular flexibility index (Phi) is 4.40. The third-order valence-corrected chi connectivity index (χ3v) is 2.50.